The van der Waals surface area contributed by atoms with Crippen LogP contribution in [0.3, 0.4) is 0 Å². The van der Waals surface area contributed by atoms with E-state index in [1.807, 2.05) is 4.90 Å². The lowest BCUT2D eigenvalue weighted by Gasteiger charge is -2.40. The molecule has 0 radical (unpaired) electrons. The molecular formula is C17H32N2O2. The number of aliphatic hydroxyl groups is 1. The number of rotatable bonds is 6. The summed E-state index contributed by atoms with van der Waals surface area (Å²) in [5.74, 6) is 0.225. The highest BCUT2D eigenvalue weighted by molar-refractivity contribution is 5.77. The fourth-order valence-electron chi connectivity index (χ4n) is 4.19. The van der Waals surface area contributed by atoms with E-state index < -0.39 is 0 Å². The van der Waals surface area contributed by atoms with Gasteiger partial charge in [-0.25, -0.2) is 0 Å². The average Bonchev–Trinajstić information content (AvgIpc) is 2.54. The van der Waals surface area contributed by atoms with Gasteiger partial charge in [-0.05, 0) is 37.6 Å². The highest BCUT2D eigenvalue weighted by atomic mass is 16.3. The van der Waals surface area contributed by atoms with E-state index in [-0.39, 0.29) is 17.9 Å². The molecule has 0 unspecified atom stereocenters. The third-order valence-electron chi connectivity index (χ3n) is 5.55. The van der Waals surface area contributed by atoms with E-state index >= 15 is 0 Å². The summed E-state index contributed by atoms with van der Waals surface area (Å²) in [6, 6.07) is 0.344. The molecule has 1 amide bonds. The molecule has 0 aromatic carbocycles. The number of nitrogens with two attached hydrogens (primary N) is 1. The van der Waals surface area contributed by atoms with Crippen molar-refractivity contribution in [1.82, 2.24) is 4.90 Å². The summed E-state index contributed by atoms with van der Waals surface area (Å²) in [7, 11) is 0. The molecule has 0 aromatic heterocycles. The lowest BCUT2D eigenvalue weighted by molar-refractivity contribution is -0.137. The van der Waals surface area contributed by atoms with Crippen molar-refractivity contribution in [2.75, 3.05) is 19.7 Å². The Morgan fingerprint density at radius 3 is 2.29 bits per heavy atom. The molecule has 21 heavy (non-hydrogen) atoms. The molecule has 0 aliphatic heterocycles. The molecule has 0 heterocycles. The molecule has 0 spiro atoms. The first-order chi connectivity index (χ1) is 10.2. The van der Waals surface area contributed by atoms with Crippen molar-refractivity contribution in [3.8, 4) is 0 Å². The first-order valence-corrected chi connectivity index (χ1v) is 8.81. The zero-order valence-electron chi connectivity index (χ0n) is 13.4. The van der Waals surface area contributed by atoms with E-state index in [4.69, 9.17) is 5.73 Å². The van der Waals surface area contributed by atoms with Crippen molar-refractivity contribution in [3.63, 3.8) is 0 Å². The fourth-order valence-corrected chi connectivity index (χ4v) is 4.19. The van der Waals surface area contributed by atoms with Gasteiger partial charge >= 0.3 is 0 Å². The average molecular weight is 296 g/mol. The van der Waals surface area contributed by atoms with Gasteiger partial charge in [-0.15, -0.1) is 0 Å². The maximum absolute atomic E-state index is 12.8. The van der Waals surface area contributed by atoms with Crippen molar-refractivity contribution in [2.24, 2.45) is 11.1 Å². The Bertz CT molecular complexity index is 321. The van der Waals surface area contributed by atoms with E-state index in [0.717, 1.165) is 25.7 Å². The molecule has 4 heteroatoms. The summed E-state index contributed by atoms with van der Waals surface area (Å²) in [4.78, 5) is 14.8. The Balaban J connectivity index is 1.99. The summed E-state index contributed by atoms with van der Waals surface area (Å²) in [5.41, 5.74) is 6.04. The highest BCUT2D eigenvalue weighted by Crippen LogP contribution is 2.39. The second-order valence-corrected chi connectivity index (χ2v) is 7.04. The molecule has 0 atom stereocenters. The van der Waals surface area contributed by atoms with Gasteiger partial charge in [-0.2, -0.15) is 0 Å². The van der Waals surface area contributed by atoms with Gasteiger partial charge in [0, 0.05) is 19.0 Å². The number of carbonyl (C=O) groups is 1. The summed E-state index contributed by atoms with van der Waals surface area (Å²) < 4.78 is 0. The van der Waals surface area contributed by atoms with Crippen LogP contribution in [0.25, 0.3) is 0 Å². The van der Waals surface area contributed by atoms with Gasteiger partial charge in [0.05, 0.1) is 6.61 Å². The van der Waals surface area contributed by atoms with Crippen LogP contribution in [0.2, 0.25) is 0 Å². The summed E-state index contributed by atoms with van der Waals surface area (Å²) >= 11 is 0. The standard InChI is InChI=1S/C17H32N2O2/c18-14-17(9-5-2-6-10-17)13-16(21)19(11-12-20)15-7-3-1-4-8-15/h15,20H,1-14,18H2. The molecule has 0 bridgehead atoms. The van der Waals surface area contributed by atoms with E-state index in [0.29, 0.717) is 25.6 Å². The van der Waals surface area contributed by atoms with Crippen molar-refractivity contribution in [3.05, 3.63) is 0 Å². The van der Waals surface area contributed by atoms with Gasteiger partial charge < -0.3 is 15.7 Å². The molecule has 2 aliphatic rings. The minimum Gasteiger partial charge on any atom is -0.395 e. The highest BCUT2D eigenvalue weighted by Gasteiger charge is 2.36. The smallest absolute Gasteiger partial charge is 0.223 e. The maximum atomic E-state index is 12.8. The van der Waals surface area contributed by atoms with Gasteiger partial charge in [-0.3, -0.25) is 4.79 Å². The first kappa shape index (κ1) is 16.8. The van der Waals surface area contributed by atoms with E-state index in [1.165, 1.54) is 38.5 Å². The molecule has 2 rings (SSSR count). The van der Waals surface area contributed by atoms with Crippen LogP contribution in [0.5, 0.6) is 0 Å². The van der Waals surface area contributed by atoms with Gasteiger partial charge in [-0.1, -0.05) is 38.5 Å². The molecule has 2 aliphatic carbocycles. The number of nitrogens with zero attached hydrogens (tertiary/aromatic N) is 1. The quantitative estimate of drug-likeness (QED) is 0.791. The van der Waals surface area contributed by atoms with Gasteiger partial charge in [0.1, 0.15) is 0 Å². The molecule has 0 aromatic rings. The number of carbonyl (C=O) groups excluding carboxylic acids is 1. The van der Waals surface area contributed by atoms with Crippen LogP contribution < -0.4 is 5.73 Å². The molecule has 2 fully saturated rings. The van der Waals surface area contributed by atoms with Crippen LogP contribution in [-0.4, -0.2) is 41.7 Å². The van der Waals surface area contributed by atoms with Crippen molar-refractivity contribution < 1.29 is 9.90 Å². The Labute approximate surface area is 129 Å². The largest absolute Gasteiger partial charge is 0.395 e. The number of aliphatic hydroxyl groups excluding tert-OH is 1. The van der Waals surface area contributed by atoms with Crippen LogP contribution in [0.4, 0.5) is 0 Å². The molecule has 2 saturated carbocycles. The third-order valence-corrected chi connectivity index (χ3v) is 5.55. The molecule has 3 N–H and O–H groups in total. The minimum absolute atomic E-state index is 0.0255. The third kappa shape index (κ3) is 4.43. The van der Waals surface area contributed by atoms with E-state index in [9.17, 15) is 9.90 Å². The predicted molar refractivity (Wildman–Crippen MR) is 84.9 cm³/mol. The summed E-state index contributed by atoms with van der Waals surface area (Å²) in [5, 5.41) is 9.32. The van der Waals surface area contributed by atoms with Crippen LogP contribution >= 0.6 is 0 Å². The molecule has 0 saturated heterocycles. The topological polar surface area (TPSA) is 66.6 Å². The second-order valence-electron chi connectivity index (χ2n) is 7.04. The Morgan fingerprint density at radius 1 is 1.10 bits per heavy atom. The second kappa shape index (κ2) is 8.14. The van der Waals surface area contributed by atoms with Crippen LogP contribution in [0.15, 0.2) is 0 Å². The van der Waals surface area contributed by atoms with Crippen molar-refractivity contribution >= 4 is 5.91 Å². The normalized spacial score (nSPS) is 23.0. The summed E-state index contributed by atoms with van der Waals surface area (Å²) in [6.07, 6.45) is 12.3. The van der Waals surface area contributed by atoms with Crippen LogP contribution in [0.1, 0.15) is 70.6 Å². The fraction of sp³-hybridized carbons (Fsp3) is 0.941. The lowest BCUT2D eigenvalue weighted by atomic mass is 9.71. The maximum Gasteiger partial charge on any atom is 0.223 e. The SMILES string of the molecule is NCC1(CC(=O)N(CCO)C2CCCCC2)CCCCC1. The number of amides is 1. The van der Waals surface area contributed by atoms with Crippen molar-refractivity contribution in [2.45, 2.75) is 76.7 Å². The number of hydrogen-bond donors (Lipinski definition) is 2. The van der Waals surface area contributed by atoms with Gasteiger partial charge in [0.2, 0.25) is 5.91 Å². The number of hydrogen-bond acceptors (Lipinski definition) is 3. The molecule has 4 nitrogen and oxygen atoms in total. The Kier molecular flexibility index (Phi) is 6.49. The summed E-state index contributed by atoms with van der Waals surface area (Å²) in [6.45, 7) is 1.18. The zero-order chi connectivity index (χ0) is 15.1. The monoisotopic (exact) mass is 296 g/mol. The van der Waals surface area contributed by atoms with E-state index in [2.05, 4.69) is 0 Å². The zero-order valence-corrected chi connectivity index (χ0v) is 13.4. The van der Waals surface area contributed by atoms with Crippen LogP contribution in [-0.2, 0) is 4.79 Å². The lowest BCUT2D eigenvalue weighted by Crippen LogP contribution is -2.46. The molecular weight excluding hydrogens is 264 g/mol. The Morgan fingerprint density at radius 2 is 1.71 bits per heavy atom. The molecule has 122 valence electrons. The predicted octanol–water partition coefficient (Wildman–Crippen LogP) is 2.44. The van der Waals surface area contributed by atoms with E-state index in [1.54, 1.807) is 0 Å². The first-order valence-electron chi connectivity index (χ1n) is 8.81. The van der Waals surface area contributed by atoms with Gasteiger partial charge in [0.15, 0.2) is 0 Å². The minimum atomic E-state index is 0.0255. The Hall–Kier alpha value is -0.610. The van der Waals surface area contributed by atoms with Gasteiger partial charge in [0.25, 0.3) is 0 Å². The van der Waals surface area contributed by atoms with Crippen LogP contribution in [0, 0.1) is 5.41 Å². The van der Waals surface area contributed by atoms with Crippen molar-refractivity contribution in [1.29, 1.82) is 0 Å².